The maximum absolute atomic E-state index is 12.1. The molecule has 3 heterocycles. The van der Waals surface area contributed by atoms with Crippen molar-refractivity contribution >= 4 is 22.5 Å². The first-order valence-corrected chi connectivity index (χ1v) is 8.72. The Hall–Kier alpha value is -3.61. The first-order chi connectivity index (χ1) is 13.2. The van der Waals surface area contributed by atoms with Crippen molar-refractivity contribution in [1.29, 1.82) is 0 Å². The number of aromatic amines is 1. The molecule has 0 atom stereocenters. The van der Waals surface area contributed by atoms with Gasteiger partial charge in [0.05, 0.1) is 5.69 Å². The first kappa shape index (κ1) is 15.6. The molecule has 0 aliphatic carbocycles. The predicted molar refractivity (Wildman–Crippen MR) is 101 cm³/mol. The molecule has 1 N–H and O–H groups in total. The van der Waals surface area contributed by atoms with Crippen molar-refractivity contribution in [2.45, 2.75) is 6.92 Å². The summed E-state index contributed by atoms with van der Waals surface area (Å²) in [6.07, 6.45) is 1.88. The number of aromatic nitrogens is 3. The molecule has 7 nitrogen and oxygen atoms in total. The minimum absolute atomic E-state index is 0.0601. The number of hydrogen-bond donors (Lipinski definition) is 1. The second-order valence-corrected chi connectivity index (χ2v) is 6.28. The lowest BCUT2D eigenvalue weighted by Crippen LogP contribution is -2.38. The molecular weight excluding hydrogens is 344 g/mol. The highest BCUT2D eigenvalue weighted by molar-refractivity contribution is 5.98. The second kappa shape index (κ2) is 5.98. The fourth-order valence-corrected chi connectivity index (χ4v) is 3.41. The fourth-order valence-electron chi connectivity index (χ4n) is 3.41. The third-order valence-corrected chi connectivity index (χ3v) is 4.73. The minimum Gasteiger partial charge on any atom is -0.482 e. The van der Waals surface area contributed by atoms with Crippen LogP contribution >= 0.6 is 0 Å². The van der Waals surface area contributed by atoms with E-state index < -0.39 is 0 Å². The van der Waals surface area contributed by atoms with Crippen LogP contribution in [-0.2, 0) is 4.79 Å². The topological polar surface area (TPSA) is 84.3 Å². The minimum atomic E-state index is -0.0601. The van der Waals surface area contributed by atoms with Crippen molar-refractivity contribution < 1.29 is 14.1 Å². The van der Waals surface area contributed by atoms with Crippen LogP contribution in [0.15, 0.2) is 53.2 Å². The number of H-pyrrole nitrogens is 1. The number of hydrogen-bond acceptors (Lipinski definition) is 5. The van der Waals surface area contributed by atoms with Gasteiger partial charge < -0.3 is 19.1 Å². The Bertz CT molecular complexity index is 1160. The number of rotatable bonds is 3. The largest absolute Gasteiger partial charge is 0.482 e. The summed E-state index contributed by atoms with van der Waals surface area (Å²) in [5, 5.41) is 5.15. The summed E-state index contributed by atoms with van der Waals surface area (Å²) in [5.74, 6) is 1.54. The molecule has 0 saturated carbocycles. The molecule has 1 aliphatic heterocycles. The second-order valence-electron chi connectivity index (χ2n) is 6.28. The number of nitrogens with one attached hydrogen (secondary N) is 1. The molecule has 0 bridgehead atoms. The van der Waals surface area contributed by atoms with E-state index in [1.807, 2.05) is 55.6 Å². The molecule has 2 aromatic carbocycles. The van der Waals surface area contributed by atoms with Crippen LogP contribution in [-0.4, -0.2) is 34.2 Å². The van der Waals surface area contributed by atoms with E-state index in [0.717, 1.165) is 27.7 Å². The highest BCUT2D eigenvalue weighted by Gasteiger charge is 2.25. The molecule has 0 radical (unpaired) electrons. The Labute approximate surface area is 154 Å². The number of nitrogens with zero attached hydrogens (tertiary/aromatic N) is 3. The van der Waals surface area contributed by atoms with Gasteiger partial charge in [0.15, 0.2) is 6.61 Å². The van der Waals surface area contributed by atoms with Gasteiger partial charge in [0.2, 0.25) is 5.82 Å². The van der Waals surface area contributed by atoms with Crippen LogP contribution in [0.1, 0.15) is 6.92 Å². The third kappa shape index (κ3) is 2.47. The first-order valence-electron chi connectivity index (χ1n) is 8.72. The number of fused-ring (bicyclic) bond motifs is 2. The molecule has 0 spiro atoms. The van der Waals surface area contributed by atoms with Crippen molar-refractivity contribution in [1.82, 2.24) is 15.1 Å². The lowest BCUT2D eigenvalue weighted by molar-refractivity contribution is -0.121. The molecule has 134 valence electrons. The zero-order chi connectivity index (χ0) is 18.4. The van der Waals surface area contributed by atoms with Crippen molar-refractivity contribution in [2.24, 2.45) is 0 Å². The van der Waals surface area contributed by atoms with E-state index in [2.05, 4.69) is 15.1 Å². The SMILES string of the molecule is CCN1C(=O)COc2ccc(-c3noc(-c4cccc5[nH]ccc45)n3)cc21. The lowest BCUT2D eigenvalue weighted by Gasteiger charge is -2.28. The highest BCUT2D eigenvalue weighted by atomic mass is 16.5. The molecule has 1 aliphatic rings. The molecule has 2 aromatic heterocycles. The summed E-state index contributed by atoms with van der Waals surface area (Å²) < 4.78 is 11.0. The summed E-state index contributed by atoms with van der Waals surface area (Å²) in [7, 11) is 0. The van der Waals surface area contributed by atoms with E-state index in [4.69, 9.17) is 9.26 Å². The Morgan fingerprint density at radius 2 is 2.15 bits per heavy atom. The number of amides is 1. The predicted octanol–water partition coefficient (Wildman–Crippen LogP) is 3.63. The van der Waals surface area contributed by atoms with Gasteiger partial charge in [0.25, 0.3) is 11.8 Å². The molecule has 0 fully saturated rings. The number of carbonyl (C=O) groups is 1. The van der Waals surface area contributed by atoms with Crippen LogP contribution in [0, 0.1) is 0 Å². The summed E-state index contributed by atoms with van der Waals surface area (Å²) in [6.45, 7) is 2.57. The lowest BCUT2D eigenvalue weighted by atomic mass is 10.1. The fraction of sp³-hybridized carbons (Fsp3) is 0.150. The Morgan fingerprint density at radius 3 is 3.04 bits per heavy atom. The maximum Gasteiger partial charge on any atom is 0.265 e. The molecule has 0 unspecified atom stereocenters. The number of ether oxygens (including phenoxy) is 1. The van der Waals surface area contributed by atoms with Crippen LogP contribution in [0.25, 0.3) is 33.7 Å². The Kier molecular flexibility index (Phi) is 3.46. The molecule has 0 saturated heterocycles. The van der Waals surface area contributed by atoms with Gasteiger partial charge in [-0.25, -0.2) is 0 Å². The summed E-state index contributed by atoms with van der Waals surface area (Å²) in [4.78, 5) is 21.5. The van der Waals surface area contributed by atoms with Gasteiger partial charge >= 0.3 is 0 Å². The molecule has 1 amide bonds. The number of carbonyl (C=O) groups excluding carboxylic acids is 1. The van der Waals surface area contributed by atoms with Gasteiger partial charge in [0.1, 0.15) is 5.75 Å². The quantitative estimate of drug-likeness (QED) is 0.603. The van der Waals surface area contributed by atoms with Crippen LogP contribution in [0.4, 0.5) is 5.69 Å². The Morgan fingerprint density at radius 1 is 1.22 bits per heavy atom. The van der Waals surface area contributed by atoms with Crippen molar-refractivity contribution in [3.05, 3.63) is 48.7 Å². The van der Waals surface area contributed by atoms with Gasteiger partial charge in [-0.3, -0.25) is 4.79 Å². The van der Waals surface area contributed by atoms with E-state index in [0.29, 0.717) is 24.0 Å². The van der Waals surface area contributed by atoms with E-state index in [9.17, 15) is 4.79 Å². The summed E-state index contributed by atoms with van der Waals surface area (Å²) in [6, 6.07) is 13.4. The van der Waals surface area contributed by atoms with Crippen LogP contribution < -0.4 is 9.64 Å². The average Bonchev–Trinajstić information content (AvgIpc) is 3.37. The van der Waals surface area contributed by atoms with Crippen molar-refractivity contribution in [2.75, 3.05) is 18.1 Å². The van der Waals surface area contributed by atoms with Crippen LogP contribution in [0.5, 0.6) is 5.75 Å². The number of benzene rings is 2. The maximum atomic E-state index is 12.1. The molecule has 27 heavy (non-hydrogen) atoms. The van der Waals surface area contributed by atoms with E-state index in [1.165, 1.54) is 0 Å². The zero-order valence-corrected chi connectivity index (χ0v) is 14.6. The van der Waals surface area contributed by atoms with Gasteiger partial charge in [-0.15, -0.1) is 0 Å². The average molecular weight is 360 g/mol. The van der Waals surface area contributed by atoms with Gasteiger partial charge in [-0.1, -0.05) is 11.2 Å². The number of likely N-dealkylation sites (N-methyl/N-ethyl adjacent to an activating group) is 1. The van der Waals surface area contributed by atoms with Gasteiger partial charge in [0, 0.05) is 34.8 Å². The third-order valence-electron chi connectivity index (χ3n) is 4.73. The van der Waals surface area contributed by atoms with Crippen LogP contribution in [0.3, 0.4) is 0 Å². The molecule has 4 aromatic rings. The van der Waals surface area contributed by atoms with Gasteiger partial charge in [-0.2, -0.15) is 4.98 Å². The smallest absolute Gasteiger partial charge is 0.265 e. The van der Waals surface area contributed by atoms with Gasteiger partial charge in [-0.05, 0) is 43.3 Å². The van der Waals surface area contributed by atoms with Crippen molar-refractivity contribution in [3.63, 3.8) is 0 Å². The summed E-state index contributed by atoms with van der Waals surface area (Å²) in [5.41, 5.74) is 3.38. The highest BCUT2D eigenvalue weighted by Crippen LogP contribution is 2.36. The van der Waals surface area contributed by atoms with E-state index in [-0.39, 0.29) is 12.5 Å². The number of anilines is 1. The normalized spacial score (nSPS) is 13.7. The van der Waals surface area contributed by atoms with E-state index in [1.54, 1.807) is 4.90 Å². The summed E-state index contributed by atoms with van der Waals surface area (Å²) >= 11 is 0. The molecule has 5 rings (SSSR count). The van der Waals surface area contributed by atoms with Crippen LogP contribution in [0.2, 0.25) is 0 Å². The molecular formula is C20H16N4O3. The monoisotopic (exact) mass is 360 g/mol. The molecule has 7 heteroatoms. The standard InChI is InChI=1S/C20H16N4O3/c1-2-24-16-10-12(6-7-17(16)26-11-18(24)25)19-22-20(27-23-19)14-4-3-5-15-13(14)8-9-21-15/h3-10,21H,2,11H2,1H3. The van der Waals surface area contributed by atoms with E-state index >= 15 is 0 Å². The van der Waals surface area contributed by atoms with Crippen molar-refractivity contribution in [3.8, 4) is 28.6 Å². The zero-order valence-electron chi connectivity index (χ0n) is 14.6. The Balaban J connectivity index is 1.56.